The number of furan rings is 1. The standard InChI is InChI=1S/C15H14FNO2S/c1-8-7-20-14(17-8)6-12(18)15-9(2)11-5-10(16)3-4-13(11)19-15/h3-5,7,12,18H,6H2,1-2H3. The molecule has 0 radical (unpaired) electrons. The van der Waals surface area contributed by atoms with Gasteiger partial charge in [0.15, 0.2) is 0 Å². The van der Waals surface area contributed by atoms with Crippen molar-refractivity contribution in [1.82, 2.24) is 4.98 Å². The van der Waals surface area contributed by atoms with Gasteiger partial charge in [0.05, 0.1) is 5.01 Å². The molecule has 0 bridgehead atoms. The number of nitrogens with zero attached hydrogens (tertiary/aromatic N) is 1. The summed E-state index contributed by atoms with van der Waals surface area (Å²) in [5, 5.41) is 13.8. The van der Waals surface area contributed by atoms with Crippen molar-refractivity contribution in [2.24, 2.45) is 0 Å². The molecule has 0 fully saturated rings. The summed E-state index contributed by atoms with van der Waals surface area (Å²) >= 11 is 1.51. The van der Waals surface area contributed by atoms with Crippen molar-refractivity contribution in [3.8, 4) is 0 Å². The number of aliphatic hydroxyl groups is 1. The number of hydrogen-bond acceptors (Lipinski definition) is 4. The van der Waals surface area contributed by atoms with E-state index in [1.54, 1.807) is 6.07 Å². The average Bonchev–Trinajstić information content (AvgIpc) is 2.94. The molecule has 1 aromatic carbocycles. The molecule has 3 aromatic rings. The van der Waals surface area contributed by atoms with Crippen molar-refractivity contribution in [2.45, 2.75) is 26.4 Å². The van der Waals surface area contributed by atoms with Gasteiger partial charge in [-0.15, -0.1) is 11.3 Å². The molecule has 0 saturated carbocycles. The minimum atomic E-state index is -0.768. The highest BCUT2D eigenvalue weighted by Crippen LogP contribution is 2.31. The summed E-state index contributed by atoms with van der Waals surface area (Å²) in [6, 6.07) is 4.37. The van der Waals surface area contributed by atoms with Crippen LogP contribution in [0, 0.1) is 19.7 Å². The molecule has 0 amide bonds. The molecule has 2 aromatic heterocycles. The zero-order chi connectivity index (χ0) is 14.3. The summed E-state index contributed by atoms with van der Waals surface area (Å²) in [6.07, 6.45) is -0.363. The highest BCUT2D eigenvalue weighted by atomic mass is 32.1. The Morgan fingerprint density at radius 1 is 1.40 bits per heavy atom. The summed E-state index contributed by atoms with van der Waals surface area (Å²) in [7, 11) is 0. The molecule has 3 rings (SSSR count). The van der Waals surface area contributed by atoms with Gasteiger partial charge in [-0.3, -0.25) is 0 Å². The molecule has 5 heteroatoms. The fourth-order valence-corrected chi connectivity index (χ4v) is 3.09. The maximum Gasteiger partial charge on any atom is 0.137 e. The molecule has 20 heavy (non-hydrogen) atoms. The van der Waals surface area contributed by atoms with E-state index in [0.29, 0.717) is 23.2 Å². The first-order valence-corrected chi connectivity index (χ1v) is 7.20. The molecule has 0 saturated heterocycles. The van der Waals surface area contributed by atoms with Crippen molar-refractivity contribution in [2.75, 3.05) is 0 Å². The minimum absolute atomic E-state index is 0.307. The Kier molecular flexibility index (Phi) is 3.31. The topological polar surface area (TPSA) is 46.3 Å². The summed E-state index contributed by atoms with van der Waals surface area (Å²) in [6.45, 7) is 3.75. The Labute approximate surface area is 119 Å². The second kappa shape index (κ2) is 5.00. The van der Waals surface area contributed by atoms with E-state index in [9.17, 15) is 9.50 Å². The Bertz CT molecular complexity index is 762. The Morgan fingerprint density at radius 3 is 2.90 bits per heavy atom. The number of aromatic nitrogens is 1. The number of hydrogen-bond donors (Lipinski definition) is 1. The molecule has 1 N–H and O–H groups in total. The van der Waals surface area contributed by atoms with Gasteiger partial charge in [-0.05, 0) is 32.0 Å². The highest BCUT2D eigenvalue weighted by molar-refractivity contribution is 7.09. The van der Waals surface area contributed by atoms with E-state index in [0.717, 1.165) is 16.3 Å². The molecule has 0 aliphatic heterocycles. The average molecular weight is 291 g/mol. The summed E-state index contributed by atoms with van der Waals surface area (Å²) < 4.78 is 18.9. The second-order valence-electron chi connectivity index (χ2n) is 4.83. The van der Waals surface area contributed by atoms with Crippen molar-refractivity contribution >= 4 is 22.3 Å². The van der Waals surface area contributed by atoms with E-state index in [2.05, 4.69) is 4.98 Å². The number of aliphatic hydroxyl groups excluding tert-OH is 1. The van der Waals surface area contributed by atoms with Crippen LogP contribution in [-0.4, -0.2) is 10.1 Å². The van der Waals surface area contributed by atoms with Crippen LogP contribution in [0.3, 0.4) is 0 Å². The van der Waals surface area contributed by atoms with Gasteiger partial charge in [0.1, 0.15) is 23.3 Å². The van der Waals surface area contributed by atoms with Crippen molar-refractivity contribution < 1.29 is 13.9 Å². The third-order valence-corrected chi connectivity index (χ3v) is 4.26. The third kappa shape index (κ3) is 2.34. The van der Waals surface area contributed by atoms with E-state index >= 15 is 0 Å². The van der Waals surface area contributed by atoms with Crippen LogP contribution >= 0.6 is 11.3 Å². The third-order valence-electron chi connectivity index (χ3n) is 3.27. The Hall–Kier alpha value is -1.72. The molecule has 3 nitrogen and oxygen atoms in total. The lowest BCUT2D eigenvalue weighted by molar-refractivity contribution is 0.151. The first kappa shape index (κ1) is 13.3. The number of rotatable bonds is 3. The number of benzene rings is 1. The van der Waals surface area contributed by atoms with E-state index in [4.69, 9.17) is 4.42 Å². The fraction of sp³-hybridized carbons (Fsp3) is 0.267. The van der Waals surface area contributed by atoms with Gasteiger partial charge in [-0.2, -0.15) is 0 Å². The summed E-state index contributed by atoms with van der Waals surface area (Å²) in [5.41, 5.74) is 2.31. The summed E-state index contributed by atoms with van der Waals surface area (Å²) in [4.78, 5) is 4.33. The van der Waals surface area contributed by atoms with Crippen LogP contribution in [-0.2, 0) is 6.42 Å². The van der Waals surface area contributed by atoms with Crippen LogP contribution in [0.2, 0.25) is 0 Å². The molecule has 104 valence electrons. The van der Waals surface area contributed by atoms with E-state index in [1.165, 1.54) is 23.5 Å². The zero-order valence-electron chi connectivity index (χ0n) is 11.2. The van der Waals surface area contributed by atoms with E-state index < -0.39 is 6.10 Å². The van der Waals surface area contributed by atoms with Crippen LogP contribution < -0.4 is 0 Å². The molecule has 0 aliphatic rings. The smallest absolute Gasteiger partial charge is 0.137 e. The van der Waals surface area contributed by atoms with Crippen LogP contribution in [0.5, 0.6) is 0 Å². The van der Waals surface area contributed by atoms with Gasteiger partial charge in [0.25, 0.3) is 0 Å². The molecular formula is C15H14FNO2S. The van der Waals surface area contributed by atoms with Crippen LogP contribution in [0.4, 0.5) is 4.39 Å². The molecule has 1 atom stereocenters. The number of aryl methyl sites for hydroxylation is 2. The Balaban J connectivity index is 1.95. The largest absolute Gasteiger partial charge is 0.458 e. The van der Waals surface area contributed by atoms with Crippen LogP contribution in [0.1, 0.15) is 28.1 Å². The predicted octanol–water partition coefficient (Wildman–Crippen LogP) is 3.92. The maximum absolute atomic E-state index is 13.3. The van der Waals surface area contributed by atoms with Crippen molar-refractivity contribution in [3.63, 3.8) is 0 Å². The van der Waals surface area contributed by atoms with Gasteiger partial charge in [0.2, 0.25) is 0 Å². The fourth-order valence-electron chi connectivity index (χ4n) is 2.28. The minimum Gasteiger partial charge on any atom is -0.458 e. The van der Waals surface area contributed by atoms with Crippen molar-refractivity contribution in [1.29, 1.82) is 0 Å². The summed E-state index contributed by atoms with van der Waals surface area (Å²) in [5.74, 6) is 0.177. The molecular weight excluding hydrogens is 277 g/mol. The second-order valence-corrected chi connectivity index (χ2v) is 5.78. The lowest BCUT2D eigenvalue weighted by Crippen LogP contribution is -2.01. The van der Waals surface area contributed by atoms with E-state index in [1.807, 2.05) is 19.2 Å². The molecule has 1 unspecified atom stereocenters. The lowest BCUT2D eigenvalue weighted by atomic mass is 10.1. The van der Waals surface area contributed by atoms with Crippen LogP contribution in [0.25, 0.3) is 11.0 Å². The molecule has 0 aliphatic carbocycles. The van der Waals surface area contributed by atoms with Crippen LogP contribution in [0.15, 0.2) is 28.0 Å². The van der Waals surface area contributed by atoms with Gasteiger partial charge in [-0.1, -0.05) is 0 Å². The number of fused-ring (bicyclic) bond motifs is 1. The Morgan fingerprint density at radius 2 is 2.20 bits per heavy atom. The first-order chi connectivity index (χ1) is 9.54. The zero-order valence-corrected chi connectivity index (χ0v) is 12.0. The normalized spacial score (nSPS) is 13.0. The van der Waals surface area contributed by atoms with Gasteiger partial charge >= 0.3 is 0 Å². The van der Waals surface area contributed by atoms with Gasteiger partial charge in [-0.25, -0.2) is 9.37 Å². The molecule has 2 heterocycles. The maximum atomic E-state index is 13.3. The lowest BCUT2D eigenvalue weighted by Gasteiger charge is -2.06. The first-order valence-electron chi connectivity index (χ1n) is 6.32. The monoisotopic (exact) mass is 291 g/mol. The van der Waals surface area contributed by atoms with E-state index in [-0.39, 0.29) is 5.82 Å². The SMILES string of the molecule is Cc1csc(CC(O)c2oc3ccc(F)cc3c2C)n1. The van der Waals surface area contributed by atoms with Crippen molar-refractivity contribution in [3.05, 3.63) is 51.4 Å². The van der Waals surface area contributed by atoms with Gasteiger partial charge in [0, 0.05) is 28.4 Å². The van der Waals surface area contributed by atoms with Gasteiger partial charge < -0.3 is 9.52 Å². The predicted molar refractivity (Wildman–Crippen MR) is 76.4 cm³/mol. The highest BCUT2D eigenvalue weighted by Gasteiger charge is 2.20. The molecule has 0 spiro atoms. The quantitative estimate of drug-likeness (QED) is 0.795. The number of halogens is 1. The number of thiazole rings is 1.